The van der Waals surface area contributed by atoms with Gasteiger partial charge in [-0.05, 0) is 74.1 Å². The molecule has 122 heavy (non-hydrogen) atoms. The topological polar surface area (TPSA) is 606 Å². The number of nitrogens with zero attached hydrogens (tertiary/aromatic N) is 1. The first kappa shape index (κ1) is 98.4. The summed E-state index contributed by atoms with van der Waals surface area (Å²) in [6.07, 6.45) is 0.709. The first-order valence-electron chi connectivity index (χ1n) is 39.8. The number of amides is 14. The standard InChI is InChI=1S/C79H111N19O20S4/c1-37(2)22-51-68(108)84-31-60(100)87-50(20-21-61(101)102)69(109)91-52(23-38(3)4)74(114)97-63(39(5)6)77(117)93-54(25-43-29-83-49-19-15-13-17-46(43)49)71(111)96-59-35-122-121-34-58(95-73(113)56(27-62(103)104)89-67(107)47(80)32-119-120-33-57(65(105)79(9,10)11)94-78(118)64(41(8)99)98-76(59)116)75(115)86-40(7)66(106)88-53(24-42-28-82-48-18-14-12-16-45(42)48)70(110)92-55(72(112)90-51)26-44-30-81-36-85-44/h12-19,28-30,36-41,47,50-59,63-64,82-83,99H,20-27,31-35,80H2,1-11H3,(H,81,85)(H,84,108)(H,86,115)(H,87,100)(H,88,106)(H,89,107)(H,90,112)(H,91,109)(H,92,110)(H,93,117)(H,94,118)(H,95,113)(H,96,111)(H,97,114)(H,98,116)(H,101,102)(H,103,104)/t40-,41+,47-,50-,51-,52-,53-,54-,55-,56-,57-,58-,59-,63-,64?/m0/s1. The van der Waals surface area contributed by atoms with Gasteiger partial charge in [0.2, 0.25) is 82.7 Å². The molecule has 2 aliphatic rings. The second kappa shape index (κ2) is 46.5. The van der Waals surface area contributed by atoms with Crippen LogP contribution in [-0.2, 0) is 101 Å². The summed E-state index contributed by atoms with van der Waals surface area (Å²) in [6, 6.07) is -9.07. The molecule has 666 valence electrons. The first-order chi connectivity index (χ1) is 57.6. The highest BCUT2D eigenvalue weighted by Crippen LogP contribution is 2.29. The van der Waals surface area contributed by atoms with Crippen molar-refractivity contribution < 1.29 is 96.8 Å². The number of aliphatic carboxylic acids is 2. The molecular weight excluding hydrogens is 1660 g/mol. The quantitative estimate of drug-likeness (QED) is 0.0470. The molecule has 1 unspecified atom stereocenters. The second-order valence-corrected chi connectivity index (χ2v) is 37.2. The van der Waals surface area contributed by atoms with E-state index < -0.39 is 240 Å². The predicted molar refractivity (Wildman–Crippen MR) is 457 cm³/mol. The smallest absolute Gasteiger partial charge is 0.305 e. The van der Waals surface area contributed by atoms with Gasteiger partial charge in [0.1, 0.15) is 72.5 Å². The Bertz CT molecular complexity index is 4570. The summed E-state index contributed by atoms with van der Waals surface area (Å²) >= 11 is 0. The van der Waals surface area contributed by atoms with Crippen LogP contribution in [0.15, 0.2) is 73.4 Å². The predicted octanol–water partition coefficient (Wildman–Crippen LogP) is -0.960. The molecule has 43 heteroatoms. The third-order valence-corrected chi connectivity index (χ3v) is 24.5. The molecule has 15 atom stereocenters. The maximum atomic E-state index is 15.5. The summed E-state index contributed by atoms with van der Waals surface area (Å²) in [5.41, 5.74) is 7.58. The third kappa shape index (κ3) is 30.1. The fraction of sp³-hybridized carbons (Fsp3) is 0.544. The third-order valence-electron chi connectivity index (χ3n) is 19.6. The molecule has 5 aromatic rings. The number of benzene rings is 2. The molecule has 39 nitrogen and oxygen atoms in total. The lowest BCUT2D eigenvalue weighted by Crippen LogP contribution is -2.62. The van der Waals surface area contributed by atoms with Gasteiger partial charge in [-0.3, -0.25) is 81.5 Å². The SMILES string of the molecule is CC(C)C[C@@H]1NC(=O)[C@H](Cc2c[nH]cn2)NC(=O)[C@H](Cc2c[nH]c3ccccc23)NC(=O)[C@H](C)NC(=O)[C@@H]2CSSC[C@H](NC(=O)[C@H](Cc3c[nH]c4ccccc34)NC(=O)[C@H](C(C)C)NC(=O)[C@H](CC(C)C)NC(=O)[C@H](CCC(=O)O)NC(=O)CNC1=O)C(=O)NC([C@@H](C)O)C(=O)N[C@H](C(=O)C(C)(C)C)CSSC[C@H](N)C(=O)N[C@@H](CC(=O)O)C(=O)N2. The Balaban J connectivity index is 1.36. The van der Waals surface area contributed by atoms with Crippen molar-refractivity contribution in [3.63, 3.8) is 0 Å². The number of carbonyl (C=O) groups excluding carboxylic acids is 15. The van der Waals surface area contributed by atoms with E-state index in [1.165, 1.54) is 26.4 Å². The van der Waals surface area contributed by atoms with Gasteiger partial charge in [-0.25, -0.2) is 4.98 Å². The van der Waals surface area contributed by atoms with E-state index >= 15 is 24.0 Å². The number of ketones is 1. The molecule has 2 fully saturated rings. The fourth-order valence-electron chi connectivity index (χ4n) is 13.0. The van der Waals surface area contributed by atoms with Gasteiger partial charge in [-0.1, -0.05) is 142 Å². The van der Waals surface area contributed by atoms with Crippen molar-refractivity contribution in [1.82, 2.24) is 94.4 Å². The van der Waals surface area contributed by atoms with E-state index in [4.69, 9.17) is 5.73 Å². The van der Waals surface area contributed by atoms with Crippen molar-refractivity contribution in [2.24, 2.45) is 28.9 Å². The highest BCUT2D eigenvalue weighted by atomic mass is 33.1. The number of carbonyl (C=O) groups is 17. The lowest BCUT2D eigenvalue weighted by Gasteiger charge is -2.30. The molecular formula is C79H111N19O20S4. The monoisotopic (exact) mass is 1770 g/mol. The summed E-state index contributed by atoms with van der Waals surface area (Å²) in [7, 11) is 3.43. The minimum atomic E-state index is -1.95. The number of aromatic nitrogens is 4. The Labute approximate surface area is 719 Å². The number of rotatable bonds is 18. The number of carboxylic acid groups (broad SMARTS) is 2. The molecule has 5 heterocycles. The van der Waals surface area contributed by atoms with Crippen molar-refractivity contribution in [2.75, 3.05) is 29.6 Å². The van der Waals surface area contributed by atoms with Crippen molar-refractivity contribution in [3.05, 3.63) is 90.3 Å². The van der Waals surface area contributed by atoms with Gasteiger partial charge in [0.05, 0.1) is 43.2 Å². The van der Waals surface area contributed by atoms with Crippen LogP contribution < -0.4 is 80.2 Å². The van der Waals surface area contributed by atoms with Crippen LogP contribution in [0, 0.1) is 23.2 Å². The number of Topliss-reactive ketones (excluding diaryl/α,β-unsaturated/α-hetero) is 1. The van der Waals surface area contributed by atoms with Crippen LogP contribution in [0.5, 0.6) is 0 Å². The number of hydrogen-bond donors (Lipinski definition) is 21. The number of fused-ring (bicyclic) bond motifs is 7. The Morgan fingerprint density at radius 3 is 1.44 bits per heavy atom. The summed E-state index contributed by atoms with van der Waals surface area (Å²) < 4.78 is 0. The zero-order valence-electron chi connectivity index (χ0n) is 69.5. The number of imidazole rings is 1. The summed E-state index contributed by atoms with van der Waals surface area (Å²) in [4.78, 5) is 258. The number of nitrogens with one attached hydrogen (secondary N) is 17. The van der Waals surface area contributed by atoms with Crippen LogP contribution in [0.4, 0.5) is 0 Å². The number of hydrogen-bond acceptors (Lipinski definition) is 24. The molecule has 2 aromatic carbocycles. The molecule has 0 spiro atoms. The van der Waals surface area contributed by atoms with Crippen molar-refractivity contribution in [1.29, 1.82) is 0 Å². The summed E-state index contributed by atoms with van der Waals surface area (Å²) in [5.74, 6) is -21.2. The Kier molecular flexibility index (Phi) is 37.5. The van der Waals surface area contributed by atoms with E-state index in [1.54, 1.807) is 123 Å². The van der Waals surface area contributed by atoms with Crippen LogP contribution in [-0.4, -0.2) is 256 Å². The average Bonchev–Trinajstić information content (AvgIpc) is 1.64. The van der Waals surface area contributed by atoms with Gasteiger partial charge in [0.15, 0.2) is 5.78 Å². The van der Waals surface area contributed by atoms with Crippen LogP contribution in [0.3, 0.4) is 0 Å². The van der Waals surface area contributed by atoms with Crippen LogP contribution in [0.25, 0.3) is 21.8 Å². The second-order valence-electron chi connectivity index (χ2n) is 32.1. The molecule has 2 bridgehead atoms. The van der Waals surface area contributed by atoms with E-state index in [0.717, 1.165) is 43.2 Å². The molecule has 3 aromatic heterocycles. The van der Waals surface area contributed by atoms with Crippen molar-refractivity contribution >= 4 is 165 Å². The largest absolute Gasteiger partial charge is 0.481 e. The highest BCUT2D eigenvalue weighted by Gasteiger charge is 2.41. The Hall–Kier alpha value is -10.8. The van der Waals surface area contributed by atoms with E-state index in [2.05, 4.69) is 94.4 Å². The lowest BCUT2D eigenvalue weighted by molar-refractivity contribution is -0.141. The molecule has 0 saturated carbocycles. The fourth-order valence-corrected chi connectivity index (χ4v) is 17.7. The number of nitrogens with two attached hydrogens (primary N) is 1. The molecule has 14 amide bonds. The number of aliphatic hydroxyl groups excluding tert-OH is 1. The zero-order chi connectivity index (χ0) is 90.0. The van der Waals surface area contributed by atoms with Gasteiger partial charge in [-0.2, -0.15) is 0 Å². The van der Waals surface area contributed by atoms with Gasteiger partial charge >= 0.3 is 11.9 Å². The molecule has 0 radical (unpaired) electrons. The lowest BCUT2D eigenvalue weighted by atomic mass is 9.87. The average molecular weight is 1780 g/mol. The number of H-pyrrole nitrogens is 3. The van der Waals surface area contributed by atoms with E-state index in [1.807, 2.05) is 0 Å². The summed E-state index contributed by atoms with van der Waals surface area (Å²) in [6.45, 7) is 16.3. The zero-order valence-corrected chi connectivity index (χ0v) is 72.7. The number of aromatic amines is 3. The molecule has 7 rings (SSSR count). The number of para-hydroxylation sites is 2. The number of aliphatic hydroxyl groups is 1. The van der Waals surface area contributed by atoms with Gasteiger partial charge in [0.25, 0.3) is 0 Å². The minimum Gasteiger partial charge on any atom is -0.481 e. The molecule has 22 N–H and O–H groups in total. The molecule has 2 aliphatic heterocycles. The maximum absolute atomic E-state index is 15.5. The minimum absolute atomic E-state index is 0.0680. The van der Waals surface area contributed by atoms with Crippen molar-refractivity contribution in [3.8, 4) is 0 Å². The van der Waals surface area contributed by atoms with Crippen LogP contribution in [0.1, 0.15) is 125 Å². The first-order valence-corrected chi connectivity index (χ1v) is 44.7. The van der Waals surface area contributed by atoms with Crippen LogP contribution >= 0.6 is 43.2 Å². The van der Waals surface area contributed by atoms with E-state index in [0.29, 0.717) is 32.9 Å². The van der Waals surface area contributed by atoms with Gasteiger partial charge < -0.3 is 110 Å². The maximum Gasteiger partial charge on any atom is 0.305 e. The molecule has 2 saturated heterocycles. The molecule has 0 aliphatic carbocycles. The normalized spacial score (nSPS) is 25.6. The number of carboxylic acids is 2. The van der Waals surface area contributed by atoms with Gasteiger partial charge in [0, 0.05) is 94.5 Å². The van der Waals surface area contributed by atoms with Crippen LogP contribution in [0.2, 0.25) is 0 Å². The Morgan fingerprint density at radius 1 is 0.475 bits per heavy atom. The van der Waals surface area contributed by atoms with Crippen molar-refractivity contribution in [2.45, 2.75) is 218 Å². The highest BCUT2D eigenvalue weighted by molar-refractivity contribution is 8.77. The Morgan fingerprint density at radius 2 is 0.926 bits per heavy atom. The summed E-state index contributed by atoms with van der Waals surface area (Å²) in [5, 5.41) is 68.6. The van der Waals surface area contributed by atoms with Gasteiger partial charge in [-0.15, -0.1) is 0 Å². The van der Waals surface area contributed by atoms with E-state index in [9.17, 15) is 72.9 Å². The van der Waals surface area contributed by atoms with E-state index in [-0.39, 0.29) is 61.1 Å².